The van der Waals surface area contributed by atoms with Crippen LogP contribution in [0.25, 0.3) is 10.4 Å². The van der Waals surface area contributed by atoms with E-state index in [0.29, 0.717) is 48.8 Å². The highest BCUT2D eigenvalue weighted by molar-refractivity contribution is 7.13. The fourth-order valence-corrected chi connectivity index (χ4v) is 12.4. The zero-order valence-electron chi connectivity index (χ0n) is 44.8. The number of aromatic nitrogens is 5. The van der Waals surface area contributed by atoms with Gasteiger partial charge in [-0.1, -0.05) is 89.4 Å². The lowest BCUT2D eigenvalue weighted by Gasteiger charge is -2.43. The molecule has 2 saturated carbocycles. The molecule has 0 radical (unpaired) electrons. The number of nitrogens with zero attached hydrogens (tertiary/aromatic N) is 6. The number of β-amino-alcohol motifs (C(OH)–C–C–N with tert-alkyl or cyclic N) is 1. The number of thiazole rings is 1. The number of ether oxygens (including phenoxy) is 1. The summed E-state index contributed by atoms with van der Waals surface area (Å²) in [7, 11) is 0. The van der Waals surface area contributed by atoms with Gasteiger partial charge >= 0.3 is 0 Å². The fourth-order valence-electron chi connectivity index (χ4n) is 11.6. The molecular weight excluding hydrogens is 1030 g/mol. The quantitative estimate of drug-likeness (QED) is 0.0451. The zero-order valence-corrected chi connectivity index (χ0v) is 45.6. The van der Waals surface area contributed by atoms with Gasteiger partial charge in [0.25, 0.3) is 17.7 Å². The van der Waals surface area contributed by atoms with Crippen molar-refractivity contribution in [2.75, 3.05) is 31.6 Å². The Morgan fingerprint density at radius 1 is 0.987 bits per heavy atom. The van der Waals surface area contributed by atoms with Gasteiger partial charge in [0.15, 0.2) is 11.4 Å². The van der Waals surface area contributed by atoms with Gasteiger partial charge in [0.05, 0.1) is 46.7 Å². The summed E-state index contributed by atoms with van der Waals surface area (Å²) in [5.41, 5.74) is 3.15. The number of hydrogen-bond acceptors (Lipinski definition) is 11. The molecule has 10 rings (SSSR count). The van der Waals surface area contributed by atoms with Gasteiger partial charge in [0.2, 0.25) is 17.7 Å². The first kappa shape index (κ1) is 54.7. The van der Waals surface area contributed by atoms with Gasteiger partial charge < -0.3 is 35.6 Å². The van der Waals surface area contributed by atoms with Gasteiger partial charge in [-0.2, -0.15) is 10.2 Å². The molecule has 17 nitrogen and oxygen atoms in total. The predicted molar refractivity (Wildman–Crippen MR) is 285 cm³/mol. The molecule has 2 aromatic carbocycles. The summed E-state index contributed by atoms with van der Waals surface area (Å²) in [6.45, 7) is 10.3. The summed E-state index contributed by atoms with van der Waals surface area (Å²) in [5, 5.41) is 30.8. The van der Waals surface area contributed by atoms with Crippen LogP contribution < -0.4 is 20.7 Å². The number of fused-ring (bicyclic) bond motifs is 2. The molecule has 2 unspecified atom stereocenters. The maximum absolute atomic E-state index is 14.7. The molecule has 2 saturated heterocycles. The lowest BCUT2D eigenvalue weighted by molar-refractivity contribution is -0.145. The van der Waals surface area contributed by atoms with Crippen molar-refractivity contribution in [3.05, 3.63) is 100 Å². The van der Waals surface area contributed by atoms with Crippen molar-refractivity contribution in [2.45, 2.75) is 148 Å². The third-order valence-electron chi connectivity index (χ3n) is 16.7. The number of H-pyrrole nitrogens is 1. The summed E-state index contributed by atoms with van der Waals surface area (Å²) in [6, 6.07) is 13.4. The van der Waals surface area contributed by atoms with E-state index in [-0.39, 0.29) is 68.8 Å². The van der Waals surface area contributed by atoms with E-state index in [2.05, 4.69) is 36.2 Å². The van der Waals surface area contributed by atoms with E-state index in [4.69, 9.17) is 4.74 Å². The highest BCUT2D eigenvalue weighted by Crippen LogP contribution is 2.70. The Morgan fingerprint density at radius 2 is 1.73 bits per heavy atom. The molecule has 5 heterocycles. The number of likely N-dealkylation sites (tertiary alicyclic amines) is 2. The second kappa shape index (κ2) is 21.6. The average molecular weight is 1100 g/mol. The van der Waals surface area contributed by atoms with E-state index >= 15 is 0 Å². The van der Waals surface area contributed by atoms with Crippen LogP contribution in [-0.2, 0) is 38.6 Å². The first-order valence-electron chi connectivity index (χ1n) is 27.2. The smallest absolute Gasteiger partial charge is 0.276 e. The number of carbonyl (C=O) groups excluding carboxylic acids is 5. The Labute approximate surface area is 455 Å². The van der Waals surface area contributed by atoms with E-state index in [1.54, 1.807) is 45.6 Å². The number of rotatable bonds is 21. The van der Waals surface area contributed by atoms with Crippen molar-refractivity contribution in [3.63, 3.8) is 0 Å². The van der Waals surface area contributed by atoms with Crippen molar-refractivity contribution in [1.29, 1.82) is 0 Å². The Kier molecular flexibility index (Phi) is 15.1. The number of hydrogen-bond donors (Lipinski definition) is 5. The van der Waals surface area contributed by atoms with E-state index in [0.717, 1.165) is 59.4 Å². The lowest BCUT2D eigenvalue weighted by atomic mass is 9.85. The van der Waals surface area contributed by atoms with Crippen LogP contribution in [0.2, 0.25) is 0 Å². The summed E-state index contributed by atoms with van der Waals surface area (Å²) in [6.07, 6.45) is 7.42. The van der Waals surface area contributed by atoms with Crippen molar-refractivity contribution in [1.82, 2.24) is 45.4 Å². The van der Waals surface area contributed by atoms with E-state index in [1.165, 1.54) is 16.2 Å². The second-order valence-electron chi connectivity index (χ2n) is 23.4. The van der Waals surface area contributed by atoms with Gasteiger partial charge in [-0.3, -0.25) is 33.8 Å². The number of aromatic amines is 1. The van der Waals surface area contributed by atoms with Gasteiger partial charge in [0.1, 0.15) is 17.8 Å². The Bertz CT molecular complexity index is 3060. The summed E-state index contributed by atoms with van der Waals surface area (Å²) in [5.74, 6) is -5.15. The highest BCUT2D eigenvalue weighted by Gasteiger charge is 2.78. The molecule has 5 aromatic rings. The van der Waals surface area contributed by atoms with Crippen LogP contribution >= 0.6 is 11.3 Å². The number of carbonyl (C=O) groups is 5. The van der Waals surface area contributed by atoms with Gasteiger partial charge in [-0.05, 0) is 61.6 Å². The minimum atomic E-state index is -2.77. The SMILES string of the molecule is Cc1ncsc1-c1ccc(CNC(=O)[C@@H]2C[C@@H](O)CN2C(=O)C(NC(=O)C2(F)CC2)C(C)(C)C)c(OCCCCCCCC(=O)N2CC(C(c3ccccc3)n3cc(NC(=O)c4n[nH]c5c4C[C@@H]4C(F)(F)[C@]4(C)C5)cn3)C2)c1. The molecule has 21 heteroatoms. The predicted octanol–water partition coefficient (Wildman–Crippen LogP) is 7.74. The third kappa shape index (κ3) is 11.0. The molecule has 78 heavy (non-hydrogen) atoms. The molecule has 0 spiro atoms. The van der Waals surface area contributed by atoms with Crippen molar-refractivity contribution in [3.8, 4) is 16.2 Å². The van der Waals surface area contributed by atoms with E-state index in [9.17, 15) is 42.3 Å². The molecule has 5 aliphatic rings. The Morgan fingerprint density at radius 3 is 2.45 bits per heavy atom. The highest BCUT2D eigenvalue weighted by atomic mass is 32.1. The number of nitrogens with one attached hydrogen (secondary N) is 4. The zero-order chi connectivity index (χ0) is 55.3. The van der Waals surface area contributed by atoms with E-state index < -0.39 is 70.2 Å². The molecule has 0 bridgehead atoms. The number of anilines is 1. The standard InChI is InChI=1S/C57H69F3N10O7S/c1-33-48(78-32-62-33)35-17-18-36(26-61-50(73)42-23-39(71)31-69(42)52(75)49(54(2,3)4)65-53(76)56(58)19-20-56)43(22-35)77-21-13-8-6-7-12-16-45(72)68-28-37(29-68)47(34-14-10-9-11-15-34)70-30-38(27-63-70)64-51(74)46-40-24-44-55(5,57(44,59)60)25-41(40)66-67-46/h9-11,14-15,17-18,22,27,30,32,37,39,42,44,47,49,71H,6-8,12-13,16,19-21,23-26,28-29,31H2,1-5H3,(H,61,73)(H,64,74)(H,65,76)(H,66,67)/t39-,42+,44+,47?,49?,55-/m1/s1. The number of halogens is 3. The van der Waals surface area contributed by atoms with Crippen molar-refractivity contribution < 1.29 is 47.0 Å². The van der Waals surface area contributed by atoms with Gasteiger partial charge in [-0.25, -0.2) is 18.2 Å². The second-order valence-corrected chi connectivity index (χ2v) is 24.2. The number of unbranched alkanes of at least 4 members (excludes halogenated alkanes) is 4. The Balaban J connectivity index is 0.681. The van der Waals surface area contributed by atoms with Crippen LogP contribution in [-0.4, -0.2) is 125 Å². The number of aryl methyl sites for hydroxylation is 1. The van der Waals surface area contributed by atoms with Crippen LogP contribution in [0.1, 0.15) is 130 Å². The molecule has 3 aromatic heterocycles. The minimum Gasteiger partial charge on any atom is -0.493 e. The molecule has 3 aliphatic carbocycles. The van der Waals surface area contributed by atoms with Crippen LogP contribution in [0.5, 0.6) is 5.75 Å². The first-order chi connectivity index (χ1) is 37.1. The lowest BCUT2D eigenvalue weighted by Crippen LogP contribution is -2.59. The number of alkyl halides is 3. The largest absolute Gasteiger partial charge is 0.493 e. The normalized spacial score (nSPS) is 22.6. The monoisotopic (exact) mass is 1090 g/mol. The van der Waals surface area contributed by atoms with Crippen LogP contribution in [0.4, 0.5) is 18.9 Å². The minimum absolute atomic E-state index is 0.0121. The number of benzene rings is 2. The van der Waals surface area contributed by atoms with Crippen molar-refractivity contribution in [2.24, 2.45) is 22.7 Å². The Hall–Kier alpha value is -6.61. The summed E-state index contributed by atoms with van der Waals surface area (Å²) in [4.78, 5) is 75.9. The molecule has 5 N–H and O–H groups in total. The summed E-state index contributed by atoms with van der Waals surface area (Å²) >= 11 is 1.52. The number of aliphatic hydroxyl groups is 1. The number of amides is 5. The first-order valence-corrected chi connectivity index (χ1v) is 28.1. The molecule has 4 fully saturated rings. The molecule has 5 amide bonds. The fraction of sp³-hybridized carbons (Fsp3) is 0.544. The van der Waals surface area contributed by atoms with Gasteiger partial charge in [-0.15, -0.1) is 11.3 Å². The molecular formula is C57H69F3N10O7S. The summed E-state index contributed by atoms with van der Waals surface area (Å²) < 4.78 is 52.0. The average Bonchev–Trinajstić information content (AvgIpc) is 3.99. The van der Waals surface area contributed by atoms with Crippen LogP contribution in [0, 0.1) is 29.6 Å². The number of aliphatic hydroxyl groups excluding tert-OH is 1. The maximum atomic E-state index is 14.7. The van der Waals surface area contributed by atoms with Gasteiger partial charge in [0, 0.05) is 85.7 Å². The topological polar surface area (TPSA) is 217 Å². The molecule has 416 valence electrons. The molecule has 6 atom stereocenters. The van der Waals surface area contributed by atoms with Crippen LogP contribution in [0.3, 0.4) is 0 Å². The maximum Gasteiger partial charge on any atom is 0.276 e. The van der Waals surface area contributed by atoms with Crippen molar-refractivity contribution >= 4 is 46.6 Å². The van der Waals surface area contributed by atoms with Crippen LogP contribution in [0.15, 0.2) is 66.4 Å². The van der Waals surface area contributed by atoms with E-state index in [1.807, 2.05) is 65.0 Å². The third-order valence-corrected chi connectivity index (χ3v) is 17.6. The molecule has 2 aliphatic heterocycles.